The molecule has 2 aromatic carbocycles. The Morgan fingerprint density at radius 3 is 2.54 bits per heavy atom. The second kappa shape index (κ2) is 10.0. The Kier molecular flexibility index (Phi) is 6.48. The van der Waals surface area contributed by atoms with Crippen molar-refractivity contribution < 1.29 is 14.3 Å². The molecule has 0 bridgehead atoms. The van der Waals surface area contributed by atoms with Gasteiger partial charge in [-0.2, -0.15) is 0 Å². The minimum atomic E-state index is -0.639. The highest BCUT2D eigenvalue weighted by Gasteiger charge is 2.28. The maximum absolute atomic E-state index is 12.9. The Labute approximate surface area is 204 Å². The van der Waals surface area contributed by atoms with Gasteiger partial charge >= 0.3 is 0 Å². The number of nitrogens with zero attached hydrogens (tertiary/aromatic N) is 2. The first-order chi connectivity index (χ1) is 17.0. The zero-order chi connectivity index (χ0) is 24.2. The summed E-state index contributed by atoms with van der Waals surface area (Å²) in [4.78, 5) is 30.3. The first kappa shape index (κ1) is 22.7. The van der Waals surface area contributed by atoms with E-state index >= 15 is 0 Å². The fraction of sp³-hybridized carbons (Fsp3) is 0.250. The van der Waals surface area contributed by atoms with Crippen molar-refractivity contribution in [2.75, 3.05) is 0 Å². The Morgan fingerprint density at radius 1 is 1.03 bits per heavy atom. The summed E-state index contributed by atoms with van der Waals surface area (Å²) in [6.07, 6.45) is 6.39. The highest BCUT2D eigenvalue weighted by Crippen LogP contribution is 2.19. The topological polar surface area (TPSA) is 84.7 Å². The highest BCUT2D eigenvalue weighted by molar-refractivity contribution is 5.97. The first-order valence-corrected chi connectivity index (χ1v) is 11.9. The Balaban J connectivity index is 1.21. The number of benzene rings is 2. The van der Waals surface area contributed by atoms with Crippen LogP contribution in [0.4, 0.5) is 0 Å². The number of hydrogen-bond donors (Lipinski definition) is 2. The fourth-order valence-electron chi connectivity index (χ4n) is 3.92. The predicted molar refractivity (Wildman–Crippen MR) is 133 cm³/mol. The minimum Gasteiger partial charge on any atom is -0.487 e. The second-order valence-corrected chi connectivity index (χ2v) is 9.02. The van der Waals surface area contributed by atoms with Crippen LogP contribution in [0.15, 0.2) is 79.1 Å². The van der Waals surface area contributed by atoms with Gasteiger partial charge in [-0.05, 0) is 61.2 Å². The van der Waals surface area contributed by atoms with E-state index in [4.69, 9.17) is 4.74 Å². The molecule has 1 unspecified atom stereocenters. The van der Waals surface area contributed by atoms with Crippen molar-refractivity contribution in [2.45, 2.75) is 44.9 Å². The molecule has 0 saturated heterocycles. The van der Waals surface area contributed by atoms with Crippen LogP contribution in [0.3, 0.4) is 0 Å². The van der Waals surface area contributed by atoms with E-state index in [0.717, 1.165) is 35.3 Å². The number of amides is 2. The third kappa shape index (κ3) is 5.87. The van der Waals surface area contributed by atoms with Crippen LogP contribution in [0.5, 0.6) is 5.75 Å². The smallest absolute Gasteiger partial charge is 0.251 e. The number of carbonyl (C=O) groups excluding carboxylic acids is 2. The normalized spacial score (nSPS) is 13.9. The SMILES string of the molecule is Cc1ccc2nc(COc3ccc(C(=O)NC(Cc4ccccc4)C(=O)NC4CC4)cc3)cn2c1. The number of rotatable bonds is 9. The summed E-state index contributed by atoms with van der Waals surface area (Å²) in [5.74, 6) is 0.202. The van der Waals surface area contributed by atoms with Crippen molar-refractivity contribution in [3.05, 3.63) is 102 Å². The lowest BCUT2D eigenvalue weighted by Gasteiger charge is -2.19. The molecule has 2 heterocycles. The zero-order valence-corrected chi connectivity index (χ0v) is 19.6. The van der Waals surface area contributed by atoms with E-state index in [2.05, 4.69) is 15.6 Å². The molecule has 2 amide bonds. The van der Waals surface area contributed by atoms with E-state index in [1.54, 1.807) is 24.3 Å². The lowest BCUT2D eigenvalue weighted by molar-refractivity contribution is -0.123. The number of aryl methyl sites for hydroxylation is 1. The Morgan fingerprint density at radius 2 is 1.80 bits per heavy atom. The number of imidazole rings is 1. The van der Waals surface area contributed by atoms with E-state index in [9.17, 15) is 9.59 Å². The maximum atomic E-state index is 12.9. The van der Waals surface area contributed by atoms with Crippen molar-refractivity contribution in [3.63, 3.8) is 0 Å². The molecular formula is C28H28N4O3. The molecule has 0 aliphatic heterocycles. The van der Waals surface area contributed by atoms with Crippen molar-refractivity contribution in [2.24, 2.45) is 0 Å². The number of carbonyl (C=O) groups is 2. The van der Waals surface area contributed by atoms with Gasteiger partial charge in [-0.3, -0.25) is 9.59 Å². The van der Waals surface area contributed by atoms with E-state index in [0.29, 0.717) is 24.3 Å². The summed E-state index contributed by atoms with van der Waals surface area (Å²) in [6, 6.07) is 20.2. The molecule has 178 valence electrons. The lowest BCUT2D eigenvalue weighted by Crippen LogP contribution is -2.48. The van der Waals surface area contributed by atoms with Crippen LogP contribution < -0.4 is 15.4 Å². The van der Waals surface area contributed by atoms with Crippen molar-refractivity contribution in [1.82, 2.24) is 20.0 Å². The van der Waals surface area contributed by atoms with Crippen LogP contribution in [-0.2, 0) is 17.8 Å². The average molecular weight is 469 g/mol. The zero-order valence-electron chi connectivity index (χ0n) is 19.6. The summed E-state index contributed by atoms with van der Waals surface area (Å²) >= 11 is 0. The van der Waals surface area contributed by atoms with Crippen LogP contribution >= 0.6 is 0 Å². The standard InChI is InChI=1S/C28H28N4O3/c1-19-7-14-26-29-23(17-32(26)16-19)18-35-24-12-8-21(9-13-24)27(33)31-25(28(34)30-22-10-11-22)15-20-5-3-2-4-6-20/h2-9,12-14,16-17,22,25H,10-11,15,18H2,1H3,(H,30,34)(H,31,33). The van der Waals surface area contributed by atoms with Gasteiger partial charge < -0.3 is 19.8 Å². The molecular weight excluding hydrogens is 440 g/mol. The van der Waals surface area contributed by atoms with Crippen LogP contribution in [0.2, 0.25) is 0 Å². The first-order valence-electron chi connectivity index (χ1n) is 11.9. The van der Waals surface area contributed by atoms with Crippen LogP contribution in [-0.4, -0.2) is 33.3 Å². The molecule has 0 radical (unpaired) electrons. The quantitative estimate of drug-likeness (QED) is 0.391. The summed E-state index contributed by atoms with van der Waals surface area (Å²) in [6.45, 7) is 2.36. The molecule has 1 atom stereocenters. The van der Waals surface area contributed by atoms with E-state index in [1.807, 2.05) is 66.2 Å². The third-order valence-corrected chi connectivity index (χ3v) is 5.98. The van der Waals surface area contributed by atoms with Gasteiger partial charge in [0.2, 0.25) is 5.91 Å². The lowest BCUT2D eigenvalue weighted by atomic mass is 10.0. The average Bonchev–Trinajstić information content (AvgIpc) is 3.59. The minimum absolute atomic E-state index is 0.146. The van der Waals surface area contributed by atoms with Crippen molar-refractivity contribution in [1.29, 1.82) is 0 Å². The summed E-state index contributed by atoms with van der Waals surface area (Å²) < 4.78 is 7.84. The molecule has 7 heteroatoms. The number of ether oxygens (including phenoxy) is 1. The molecule has 1 fully saturated rings. The van der Waals surface area contributed by atoms with E-state index < -0.39 is 6.04 Å². The molecule has 5 rings (SSSR count). The molecule has 7 nitrogen and oxygen atoms in total. The molecule has 0 spiro atoms. The van der Waals surface area contributed by atoms with Crippen LogP contribution in [0.25, 0.3) is 5.65 Å². The van der Waals surface area contributed by atoms with E-state index in [1.165, 1.54) is 0 Å². The van der Waals surface area contributed by atoms with Crippen LogP contribution in [0, 0.1) is 6.92 Å². The molecule has 2 N–H and O–H groups in total. The largest absolute Gasteiger partial charge is 0.487 e. The predicted octanol–water partition coefficient (Wildman–Crippen LogP) is 3.84. The van der Waals surface area contributed by atoms with Crippen molar-refractivity contribution in [3.8, 4) is 5.75 Å². The number of pyridine rings is 1. The van der Waals surface area contributed by atoms with Gasteiger partial charge in [0, 0.05) is 30.4 Å². The number of hydrogen-bond acceptors (Lipinski definition) is 4. The van der Waals surface area contributed by atoms with E-state index in [-0.39, 0.29) is 17.9 Å². The van der Waals surface area contributed by atoms with Gasteiger partial charge in [0.25, 0.3) is 5.91 Å². The fourth-order valence-corrected chi connectivity index (χ4v) is 3.92. The van der Waals surface area contributed by atoms with Gasteiger partial charge in [0.1, 0.15) is 24.0 Å². The molecule has 35 heavy (non-hydrogen) atoms. The highest BCUT2D eigenvalue weighted by atomic mass is 16.5. The molecule has 1 aliphatic carbocycles. The third-order valence-electron chi connectivity index (χ3n) is 5.98. The van der Waals surface area contributed by atoms with Crippen LogP contribution in [0.1, 0.15) is 40.0 Å². The molecule has 4 aromatic rings. The Bertz CT molecular complexity index is 1330. The van der Waals surface area contributed by atoms with Gasteiger partial charge in [-0.1, -0.05) is 36.4 Å². The number of fused-ring (bicyclic) bond motifs is 1. The van der Waals surface area contributed by atoms with Gasteiger partial charge in [0.05, 0.1) is 5.69 Å². The van der Waals surface area contributed by atoms with Gasteiger partial charge in [-0.15, -0.1) is 0 Å². The molecule has 2 aromatic heterocycles. The summed E-state index contributed by atoms with van der Waals surface area (Å²) in [5, 5.41) is 5.91. The maximum Gasteiger partial charge on any atom is 0.251 e. The number of aromatic nitrogens is 2. The second-order valence-electron chi connectivity index (χ2n) is 9.02. The van der Waals surface area contributed by atoms with Gasteiger partial charge in [0.15, 0.2) is 0 Å². The Hall–Kier alpha value is -4.13. The molecule has 1 saturated carbocycles. The monoisotopic (exact) mass is 468 g/mol. The van der Waals surface area contributed by atoms with Crippen molar-refractivity contribution >= 4 is 17.5 Å². The summed E-state index contributed by atoms with van der Waals surface area (Å²) in [7, 11) is 0. The molecule has 1 aliphatic rings. The van der Waals surface area contributed by atoms with Gasteiger partial charge in [-0.25, -0.2) is 4.98 Å². The number of nitrogens with one attached hydrogen (secondary N) is 2. The summed E-state index contributed by atoms with van der Waals surface area (Å²) in [5.41, 5.74) is 4.32.